The summed E-state index contributed by atoms with van der Waals surface area (Å²) in [7, 11) is 0. The van der Waals surface area contributed by atoms with Crippen molar-refractivity contribution < 1.29 is 0 Å². The maximum Gasteiger partial charge on any atom is 0.0703 e. The van der Waals surface area contributed by atoms with E-state index in [0.717, 1.165) is 32.8 Å². The molecule has 2 nitrogen and oxygen atoms in total. The van der Waals surface area contributed by atoms with E-state index in [4.69, 9.17) is 33.2 Å². The molecule has 0 saturated heterocycles. The standard InChI is InChI=1S/C28H38Cl2N2/c1-15(2)23-11-21(29)12-24(16(3)4)27(23)31-19(9)20(10)32-28-25(17(5)6)13-22(30)14-26(28)18(7)8/h11-18H,1-10H3. The van der Waals surface area contributed by atoms with Crippen molar-refractivity contribution in [3.8, 4) is 0 Å². The van der Waals surface area contributed by atoms with Crippen LogP contribution >= 0.6 is 23.2 Å². The minimum atomic E-state index is 0.325. The van der Waals surface area contributed by atoms with Gasteiger partial charge in [0.1, 0.15) is 0 Å². The molecule has 0 amide bonds. The Balaban J connectivity index is 2.70. The highest BCUT2D eigenvalue weighted by atomic mass is 35.5. The first kappa shape index (κ1) is 26.6. The molecule has 0 spiro atoms. The van der Waals surface area contributed by atoms with Gasteiger partial charge >= 0.3 is 0 Å². The van der Waals surface area contributed by atoms with Crippen LogP contribution in [0.15, 0.2) is 34.3 Å². The van der Waals surface area contributed by atoms with Crippen molar-refractivity contribution in [2.45, 2.75) is 92.9 Å². The molecule has 2 aromatic carbocycles. The number of aliphatic imine (C=N–C) groups is 2. The molecular weight excluding hydrogens is 435 g/mol. The third-order valence-electron chi connectivity index (χ3n) is 5.84. The van der Waals surface area contributed by atoms with Crippen molar-refractivity contribution in [3.63, 3.8) is 0 Å². The summed E-state index contributed by atoms with van der Waals surface area (Å²) in [6.07, 6.45) is 0. The molecule has 0 saturated carbocycles. The molecule has 0 bridgehead atoms. The smallest absolute Gasteiger partial charge is 0.0703 e. The van der Waals surface area contributed by atoms with Gasteiger partial charge in [0, 0.05) is 10.0 Å². The van der Waals surface area contributed by atoms with E-state index in [1.165, 1.54) is 22.3 Å². The number of rotatable bonds is 7. The summed E-state index contributed by atoms with van der Waals surface area (Å²) in [6.45, 7) is 21.6. The molecule has 0 aliphatic carbocycles. The molecule has 2 rings (SSSR count). The summed E-state index contributed by atoms with van der Waals surface area (Å²) >= 11 is 12.9. The third-order valence-corrected chi connectivity index (χ3v) is 6.27. The van der Waals surface area contributed by atoms with Crippen LogP contribution in [0.4, 0.5) is 11.4 Å². The third kappa shape index (κ3) is 6.23. The Kier molecular flexibility index (Phi) is 9.14. The van der Waals surface area contributed by atoms with Gasteiger partial charge in [-0.1, -0.05) is 78.6 Å². The van der Waals surface area contributed by atoms with Crippen LogP contribution in [0, 0.1) is 0 Å². The van der Waals surface area contributed by atoms with Gasteiger partial charge in [-0.25, -0.2) is 0 Å². The second kappa shape index (κ2) is 11.0. The van der Waals surface area contributed by atoms with E-state index < -0.39 is 0 Å². The Bertz CT molecular complexity index is 886. The maximum absolute atomic E-state index is 6.44. The first-order valence-electron chi connectivity index (χ1n) is 11.6. The van der Waals surface area contributed by atoms with Gasteiger partial charge in [-0.3, -0.25) is 9.98 Å². The topological polar surface area (TPSA) is 24.7 Å². The van der Waals surface area contributed by atoms with Crippen LogP contribution in [0.3, 0.4) is 0 Å². The van der Waals surface area contributed by atoms with Gasteiger partial charge in [-0.15, -0.1) is 0 Å². The first-order chi connectivity index (χ1) is 14.8. The molecule has 0 heterocycles. The van der Waals surface area contributed by atoms with Gasteiger partial charge in [0.2, 0.25) is 0 Å². The number of hydrogen-bond acceptors (Lipinski definition) is 2. The van der Waals surface area contributed by atoms with Gasteiger partial charge in [0.05, 0.1) is 22.8 Å². The van der Waals surface area contributed by atoms with Crippen LogP contribution in [0.2, 0.25) is 10.0 Å². The maximum atomic E-state index is 6.44. The molecule has 0 N–H and O–H groups in total. The minimum Gasteiger partial charge on any atom is -0.251 e. The fourth-order valence-corrected chi connectivity index (χ4v) is 4.27. The molecular formula is C28H38Cl2N2. The molecule has 0 radical (unpaired) electrons. The number of benzene rings is 2. The van der Waals surface area contributed by atoms with Crippen LogP contribution in [-0.2, 0) is 0 Å². The molecule has 32 heavy (non-hydrogen) atoms. The molecule has 0 unspecified atom stereocenters. The fraction of sp³-hybridized carbons (Fsp3) is 0.500. The van der Waals surface area contributed by atoms with Gasteiger partial charge in [-0.2, -0.15) is 0 Å². The van der Waals surface area contributed by atoms with E-state index in [9.17, 15) is 0 Å². The fourth-order valence-electron chi connectivity index (χ4n) is 3.80. The lowest BCUT2D eigenvalue weighted by atomic mass is 9.92. The minimum absolute atomic E-state index is 0.325. The van der Waals surface area contributed by atoms with E-state index in [1.54, 1.807) is 0 Å². The second-order valence-corrected chi connectivity index (χ2v) is 10.8. The van der Waals surface area contributed by atoms with Crippen molar-refractivity contribution in [3.05, 3.63) is 56.6 Å². The zero-order chi connectivity index (χ0) is 24.3. The number of hydrogen-bond donors (Lipinski definition) is 0. The predicted octanol–water partition coefficient (Wildman–Crippen LogP) is 10.4. The van der Waals surface area contributed by atoms with E-state index in [-0.39, 0.29) is 0 Å². The van der Waals surface area contributed by atoms with Crippen molar-refractivity contribution in [1.29, 1.82) is 0 Å². The molecule has 0 aliphatic rings. The molecule has 0 fully saturated rings. The average molecular weight is 474 g/mol. The highest BCUT2D eigenvalue weighted by Crippen LogP contribution is 2.39. The number of halogens is 2. The van der Waals surface area contributed by atoms with Gasteiger partial charge < -0.3 is 0 Å². The van der Waals surface area contributed by atoms with Crippen molar-refractivity contribution in [2.24, 2.45) is 9.98 Å². The van der Waals surface area contributed by atoms with Crippen LogP contribution in [-0.4, -0.2) is 11.4 Å². The van der Waals surface area contributed by atoms with E-state index in [0.29, 0.717) is 23.7 Å². The molecule has 174 valence electrons. The van der Waals surface area contributed by atoms with Gasteiger partial charge in [-0.05, 0) is 84.0 Å². The summed E-state index contributed by atoms with van der Waals surface area (Å²) in [5, 5.41) is 1.53. The summed E-state index contributed by atoms with van der Waals surface area (Å²) in [6, 6.07) is 8.18. The SMILES string of the molecule is CC(=Nc1c(C(C)C)cc(Cl)cc1C(C)C)C(C)=Nc1c(C(C)C)cc(Cl)cc1C(C)C. The zero-order valence-electron chi connectivity index (χ0n) is 21.3. The number of nitrogens with zero attached hydrogens (tertiary/aromatic N) is 2. The normalized spacial score (nSPS) is 13.2. The van der Waals surface area contributed by atoms with Crippen LogP contribution in [0.5, 0.6) is 0 Å². The molecule has 2 aromatic rings. The summed E-state index contributed by atoms with van der Waals surface area (Å²) in [5.41, 5.74) is 8.56. The molecule has 4 heteroatoms. The Morgan fingerprint density at radius 1 is 0.531 bits per heavy atom. The predicted molar refractivity (Wildman–Crippen MR) is 145 cm³/mol. The van der Waals surface area contributed by atoms with Crippen LogP contribution < -0.4 is 0 Å². The zero-order valence-corrected chi connectivity index (χ0v) is 22.8. The largest absolute Gasteiger partial charge is 0.251 e. The average Bonchev–Trinajstić information content (AvgIpc) is 2.68. The Labute approximate surface area is 205 Å². The lowest BCUT2D eigenvalue weighted by molar-refractivity contribution is 0.834. The molecule has 0 atom stereocenters. The van der Waals surface area contributed by atoms with Crippen molar-refractivity contribution in [2.75, 3.05) is 0 Å². The van der Waals surface area contributed by atoms with Gasteiger partial charge in [0.25, 0.3) is 0 Å². The monoisotopic (exact) mass is 472 g/mol. The van der Waals surface area contributed by atoms with Gasteiger partial charge in [0.15, 0.2) is 0 Å². The summed E-state index contributed by atoms with van der Waals surface area (Å²) in [4.78, 5) is 10.2. The Hall–Kier alpha value is -1.64. The highest BCUT2D eigenvalue weighted by Gasteiger charge is 2.18. The van der Waals surface area contributed by atoms with E-state index in [1.807, 2.05) is 38.1 Å². The van der Waals surface area contributed by atoms with Crippen molar-refractivity contribution in [1.82, 2.24) is 0 Å². The Morgan fingerprint density at radius 3 is 0.938 bits per heavy atom. The lowest BCUT2D eigenvalue weighted by Gasteiger charge is -2.19. The first-order valence-corrected chi connectivity index (χ1v) is 12.4. The van der Waals surface area contributed by atoms with E-state index >= 15 is 0 Å². The second-order valence-electron chi connectivity index (χ2n) is 9.88. The highest BCUT2D eigenvalue weighted by molar-refractivity contribution is 6.41. The summed E-state index contributed by atoms with van der Waals surface area (Å²) < 4.78 is 0. The van der Waals surface area contributed by atoms with Crippen molar-refractivity contribution >= 4 is 46.0 Å². The molecule has 0 aromatic heterocycles. The summed E-state index contributed by atoms with van der Waals surface area (Å²) in [5.74, 6) is 1.30. The Morgan fingerprint density at radius 2 is 0.750 bits per heavy atom. The lowest BCUT2D eigenvalue weighted by Crippen LogP contribution is -2.07. The molecule has 0 aliphatic heterocycles. The quantitative estimate of drug-likeness (QED) is 0.357. The van der Waals surface area contributed by atoms with E-state index in [2.05, 4.69) is 55.4 Å². The van der Waals surface area contributed by atoms with Crippen LogP contribution in [0.1, 0.15) is 115 Å². The van der Waals surface area contributed by atoms with Crippen LogP contribution in [0.25, 0.3) is 0 Å².